The van der Waals surface area contributed by atoms with E-state index in [0.717, 1.165) is 25.3 Å². The van der Waals surface area contributed by atoms with E-state index in [1.165, 1.54) is 12.1 Å². The second-order valence-corrected chi connectivity index (χ2v) is 4.45. The Kier molecular flexibility index (Phi) is 3.81. The molecule has 2 N–H and O–H groups in total. The zero-order chi connectivity index (χ0) is 13.1. The van der Waals surface area contributed by atoms with Crippen molar-refractivity contribution in [3.63, 3.8) is 0 Å². The van der Waals surface area contributed by atoms with Crippen molar-refractivity contribution >= 4 is 5.91 Å². The number of aromatic hydroxyl groups is 1. The Morgan fingerprint density at radius 3 is 2.94 bits per heavy atom. The van der Waals surface area contributed by atoms with Gasteiger partial charge >= 0.3 is 0 Å². The number of rotatable bonds is 3. The summed E-state index contributed by atoms with van der Waals surface area (Å²) in [5.74, 6) is -1.39. The van der Waals surface area contributed by atoms with Gasteiger partial charge in [-0.15, -0.1) is 0 Å². The van der Waals surface area contributed by atoms with Crippen LogP contribution in [0.5, 0.6) is 5.75 Å². The molecule has 0 heterocycles. The van der Waals surface area contributed by atoms with Gasteiger partial charge in [0.15, 0.2) is 0 Å². The highest BCUT2D eigenvalue weighted by Gasteiger charge is 2.29. The Morgan fingerprint density at radius 2 is 2.28 bits per heavy atom. The van der Waals surface area contributed by atoms with Crippen molar-refractivity contribution in [3.8, 4) is 5.75 Å². The predicted molar refractivity (Wildman–Crippen MR) is 64.0 cm³/mol. The lowest BCUT2D eigenvalue weighted by molar-refractivity contribution is 0.0720. The minimum absolute atomic E-state index is 0.00544. The van der Waals surface area contributed by atoms with Crippen LogP contribution >= 0.6 is 0 Å². The third-order valence-corrected chi connectivity index (χ3v) is 3.27. The first-order chi connectivity index (χ1) is 8.61. The third kappa shape index (κ3) is 2.61. The van der Waals surface area contributed by atoms with Gasteiger partial charge in [0.2, 0.25) is 0 Å². The van der Waals surface area contributed by atoms with E-state index in [-0.39, 0.29) is 23.5 Å². The SMILES string of the molecule is COC1CCCC1NC(=O)c1ccc(O)cc1F. The van der Waals surface area contributed by atoms with Gasteiger partial charge < -0.3 is 15.2 Å². The molecule has 0 aromatic heterocycles. The molecule has 98 valence electrons. The molecule has 0 radical (unpaired) electrons. The molecule has 1 aliphatic carbocycles. The number of amides is 1. The van der Waals surface area contributed by atoms with Gasteiger partial charge in [0.05, 0.1) is 17.7 Å². The van der Waals surface area contributed by atoms with E-state index in [9.17, 15) is 9.18 Å². The molecule has 18 heavy (non-hydrogen) atoms. The maximum absolute atomic E-state index is 13.5. The van der Waals surface area contributed by atoms with Crippen LogP contribution in [0.15, 0.2) is 18.2 Å². The molecule has 0 aliphatic heterocycles. The lowest BCUT2D eigenvalue weighted by Gasteiger charge is -2.19. The van der Waals surface area contributed by atoms with E-state index in [1.54, 1.807) is 7.11 Å². The molecule has 1 fully saturated rings. The van der Waals surface area contributed by atoms with E-state index in [0.29, 0.717) is 0 Å². The van der Waals surface area contributed by atoms with E-state index < -0.39 is 11.7 Å². The number of methoxy groups -OCH3 is 1. The summed E-state index contributed by atoms with van der Waals surface area (Å²) in [5, 5.41) is 11.9. The zero-order valence-electron chi connectivity index (χ0n) is 10.1. The predicted octanol–water partition coefficient (Wildman–Crippen LogP) is 1.83. The van der Waals surface area contributed by atoms with Crippen LogP contribution in [-0.2, 0) is 4.74 Å². The second kappa shape index (κ2) is 5.35. The molecule has 1 aliphatic rings. The van der Waals surface area contributed by atoms with E-state index in [1.807, 2.05) is 0 Å². The molecule has 2 atom stereocenters. The Labute approximate surface area is 105 Å². The molecule has 1 saturated carbocycles. The molecule has 1 aromatic rings. The first kappa shape index (κ1) is 12.8. The average Bonchev–Trinajstić information content (AvgIpc) is 2.76. The van der Waals surface area contributed by atoms with Crippen molar-refractivity contribution in [3.05, 3.63) is 29.6 Å². The molecule has 1 amide bonds. The number of nitrogens with one attached hydrogen (secondary N) is 1. The summed E-state index contributed by atoms with van der Waals surface area (Å²) >= 11 is 0. The normalized spacial score (nSPS) is 23.0. The fourth-order valence-corrected chi connectivity index (χ4v) is 2.31. The van der Waals surface area contributed by atoms with Gasteiger partial charge in [0.25, 0.3) is 5.91 Å². The van der Waals surface area contributed by atoms with E-state index in [2.05, 4.69) is 5.32 Å². The van der Waals surface area contributed by atoms with Crippen LogP contribution in [-0.4, -0.2) is 30.3 Å². The molecule has 0 spiro atoms. The molecule has 0 saturated heterocycles. The number of ether oxygens (including phenoxy) is 1. The van der Waals surface area contributed by atoms with Crippen LogP contribution in [0.1, 0.15) is 29.6 Å². The molecule has 4 nitrogen and oxygen atoms in total. The van der Waals surface area contributed by atoms with Crippen molar-refractivity contribution in [2.75, 3.05) is 7.11 Å². The maximum atomic E-state index is 13.5. The molecule has 5 heteroatoms. The standard InChI is InChI=1S/C13H16FNO3/c1-18-12-4-2-3-11(12)15-13(17)9-6-5-8(16)7-10(9)14/h5-7,11-12,16H,2-4H2,1H3,(H,15,17). The van der Waals surface area contributed by atoms with Crippen LogP contribution in [0.25, 0.3) is 0 Å². The second-order valence-electron chi connectivity index (χ2n) is 4.45. The third-order valence-electron chi connectivity index (χ3n) is 3.27. The Balaban J connectivity index is 2.07. The largest absolute Gasteiger partial charge is 0.508 e. The van der Waals surface area contributed by atoms with Crippen molar-refractivity contribution in [2.45, 2.75) is 31.4 Å². The van der Waals surface area contributed by atoms with Crippen molar-refractivity contribution < 1.29 is 19.0 Å². The fourth-order valence-electron chi connectivity index (χ4n) is 2.31. The van der Waals surface area contributed by atoms with Gasteiger partial charge in [-0.2, -0.15) is 0 Å². The quantitative estimate of drug-likeness (QED) is 0.864. The van der Waals surface area contributed by atoms with Crippen molar-refractivity contribution in [1.82, 2.24) is 5.32 Å². The van der Waals surface area contributed by atoms with Gasteiger partial charge in [-0.3, -0.25) is 4.79 Å². The molecular formula is C13H16FNO3. The van der Waals surface area contributed by atoms with Gasteiger partial charge in [-0.1, -0.05) is 0 Å². The first-order valence-electron chi connectivity index (χ1n) is 5.94. The molecule has 0 bridgehead atoms. The van der Waals surface area contributed by atoms with Gasteiger partial charge in [-0.25, -0.2) is 4.39 Å². The van der Waals surface area contributed by atoms with Crippen molar-refractivity contribution in [2.24, 2.45) is 0 Å². The summed E-state index contributed by atoms with van der Waals surface area (Å²) < 4.78 is 18.8. The summed E-state index contributed by atoms with van der Waals surface area (Å²) in [6, 6.07) is 3.42. The van der Waals surface area contributed by atoms with Gasteiger partial charge in [0, 0.05) is 13.2 Å². The van der Waals surface area contributed by atoms with Crippen LogP contribution < -0.4 is 5.32 Å². The zero-order valence-corrected chi connectivity index (χ0v) is 10.1. The summed E-state index contributed by atoms with van der Waals surface area (Å²) in [7, 11) is 1.61. The van der Waals surface area contributed by atoms with E-state index in [4.69, 9.17) is 9.84 Å². The number of carbonyl (C=O) groups is 1. The first-order valence-corrected chi connectivity index (χ1v) is 5.94. The van der Waals surface area contributed by atoms with Gasteiger partial charge in [-0.05, 0) is 31.4 Å². The minimum atomic E-state index is -0.723. The highest BCUT2D eigenvalue weighted by atomic mass is 19.1. The topological polar surface area (TPSA) is 58.6 Å². The number of benzene rings is 1. The lowest BCUT2D eigenvalue weighted by atomic mass is 10.1. The van der Waals surface area contributed by atoms with Crippen LogP contribution in [0.4, 0.5) is 4.39 Å². The monoisotopic (exact) mass is 253 g/mol. The molecule has 2 unspecified atom stereocenters. The average molecular weight is 253 g/mol. The smallest absolute Gasteiger partial charge is 0.254 e. The number of phenols is 1. The summed E-state index contributed by atoms with van der Waals surface area (Å²) in [5.41, 5.74) is -0.0606. The highest BCUT2D eigenvalue weighted by Crippen LogP contribution is 2.22. The maximum Gasteiger partial charge on any atom is 0.254 e. The number of halogens is 1. The number of carbonyl (C=O) groups excluding carboxylic acids is 1. The molecular weight excluding hydrogens is 237 g/mol. The minimum Gasteiger partial charge on any atom is -0.508 e. The fraction of sp³-hybridized carbons (Fsp3) is 0.462. The highest BCUT2D eigenvalue weighted by molar-refractivity contribution is 5.94. The Hall–Kier alpha value is -1.62. The number of hydrogen-bond acceptors (Lipinski definition) is 3. The summed E-state index contributed by atoms with van der Waals surface area (Å²) in [4.78, 5) is 11.9. The summed E-state index contributed by atoms with van der Waals surface area (Å²) in [6.45, 7) is 0. The number of phenolic OH excluding ortho intramolecular Hbond substituents is 1. The van der Waals surface area contributed by atoms with Crippen LogP contribution in [0.3, 0.4) is 0 Å². The summed E-state index contributed by atoms with van der Waals surface area (Å²) in [6.07, 6.45) is 2.72. The lowest BCUT2D eigenvalue weighted by Crippen LogP contribution is -2.41. The Bertz CT molecular complexity index is 450. The van der Waals surface area contributed by atoms with Crippen molar-refractivity contribution in [1.29, 1.82) is 0 Å². The molecule has 2 rings (SSSR count). The van der Waals surface area contributed by atoms with Crippen LogP contribution in [0.2, 0.25) is 0 Å². The number of hydrogen-bond donors (Lipinski definition) is 2. The van der Waals surface area contributed by atoms with Gasteiger partial charge in [0.1, 0.15) is 11.6 Å². The van der Waals surface area contributed by atoms with Crippen LogP contribution in [0, 0.1) is 5.82 Å². The molecule has 1 aromatic carbocycles. The van der Waals surface area contributed by atoms with E-state index >= 15 is 0 Å². The Morgan fingerprint density at radius 1 is 1.50 bits per heavy atom.